The van der Waals surface area contributed by atoms with Crippen molar-refractivity contribution >= 4 is 49.3 Å². The first-order valence-electron chi connectivity index (χ1n) is 16.7. The van der Waals surface area contributed by atoms with E-state index in [4.69, 9.17) is 6.57 Å². The maximum Gasteiger partial charge on any atom is 0.196 e. The summed E-state index contributed by atoms with van der Waals surface area (Å²) in [5.74, 6) is 0. The number of hydrogen-bond donors (Lipinski definition) is 0. The van der Waals surface area contributed by atoms with Crippen LogP contribution >= 0.6 is 0 Å². The van der Waals surface area contributed by atoms with Crippen LogP contribution in [0.5, 0.6) is 0 Å². The summed E-state index contributed by atoms with van der Waals surface area (Å²) in [6, 6.07) is 53.0. The fourth-order valence-corrected chi connectivity index (χ4v) is 7.93. The monoisotopic (exact) mass is 638 g/mol. The third-order valence-corrected chi connectivity index (χ3v) is 10.0. The van der Waals surface area contributed by atoms with E-state index < -0.39 is 0 Å². The van der Waals surface area contributed by atoms with Crippen LogP contribution in [0, 0.1) is 31.8 Å². The second-order valence-corrected chi connectivity index (χ2v) is 12.8. The molecule has 9 rings (SSSR count). The van der Waals surface area contributed by atoms with Gasteiger partial charge in [-0.2, -0.15) is 5.26 Å². The molecule has 4 nitrogen and oxygen atoms in total. The van der Waals surface area contributed by atoms with Gasteiger partial charge in [0.25, 0.3) is 0 Å². The molecule has 0 amide bonds. The van der Waals surface area contributed by atoms with Crippen LogP contribution in [0.25, 0.3) is 82.1 Å². The molecule has 4 heteroatoms. The predicted octanol–water partition coefficient (Wildman–Crippen LogP) is 12.3. The molecular weight excluding hydrogens is 609 g/mol. The Hall–Kier alpha value is -6.88. The van der Waals surface area contributed by atoms with Crippen molar-refractivity contribution in [1.29, 1.82) is 5.26 Å². The van der Waals surface area contributed by atoms with Crippen LogP contribution in [0.15, 0.2) is 146 Å². The van der Waals surface area contributed by atoms with Crippen LogP contribution in [-0.2, 0) is 0 Å². The maximum atomic E-state index is 10.3. The molecule has 0 N–H and O–H groups in total. The Morgan fingerprint density at radius 2 is 1.22 bits per heavy atom. The topological polar surface area (TPSA) is 38.0 Å². The van der Waals surface area contributed by atoms with Crippen LogP contribution in [0.2, 0.25) is 0 Å². The van der Waals surface area contributed by atoms with Gasteiger partial charge in [0.15, 0.2) is 5.69 Å². The number of nitriles is 1. The lowest BCUT2D eigenvalue weighted by molar-refractivity contribution is 1.12. The smallest absolute Gasteiger partial charge is 0.196 e. The zero-order valence-corrected chi connectivity index (χ0v) is 27.6. The molecule has 234 valence electrons. The number of benzene rings is 7. The fourth-order valence-electron chi connectivity index (χ4n) is 7.93. The normalized spacial score (nSPS) is 11.4. The van der Waals surface area contributed by atoms with Gasteiger partial charge < -0.3 is 9.13 Å². The molecule has 50 heavy (non-hydrogen) atoms. The van der Waals surface area contributed by atoms with Gasteiger partial charge in [-0.3, -0.25) is 0 Å². The third-order valence-electron chi connectivity index (χ3n) is 10.0. The van der Waals surface area contributed by atoms with E-state index in [1.165, 1.54) is 10.8 Å². The number of nitrogens with zero attached hydrogens (tertiary/aromatic N) is 4. The quantitative estimate of drug-likeness (QED) is 0.177. The highest BCUT2D eigenvalue weighted by molar-refractivity contribution is 6.21. The minimum Gasteiger partial charge on any atom is -0.309 e. The second kappa shape index (κ2) is 11.4. The lowest BCUT2D eigenvalue weighted by Crippen LogP contribution is -2.01. The molecule has 2 aromatic heterocycles. The summed E-state index contributed by atoms with van der Waals surface area (Å²) in [6.07, 6.45) is 0. The number of hydrogen-bond acceptors (Lipinski definition) is 1. The summed E-state index contributed by atoms with van der Waals surface area (Å²) in [6.45, 7) is 12.4. The Morgan fingerprint density at radius 3 is 1.96 bits per heavy atom. The Kier molecular flexibility index (Phi) is 6.66. The predicted molar refractivity (Wildman–Crippen MR) is 206 cm³/mol. The van der Waals surface area contributed by atoms with Crippen LogP contribution < -0.4 is 0 Å². The molecular formula is C46H30N4. The molecule has 0 bridgehead atoms. The highest BCUT2D eigenvalue weighted by Crippen LogP contribution is 2.47. The standard InChI is InChI=1S/C46H30N4/c1-29-13-11-14-30(2)45(29)50-41-22-10-8-19-36(41)44-34(24-25-37(46(44)50)43-32(28-47)15-12-20-39(43)48-3)31-23-26-42-38(27-31)35-18-7-9-21-40(35)49(42)33-16-5-4-6-17-33/h4-27H,1-2H3. The Balaban J connectivity index is 1.44. The zero-order chi connectivity index (χ0) is 33.9. The molecule has 0 fully saturated rings. The van der Waals surface area contributed by atoms with Crippen molar-refractivity contribution in [1.82, 2.24) is 9.13 Å². The van der Waals surface area contributed by atoms with Gasteiger partial charge in [0.05, 0.1) is 40.4 Å². The van der Waals surface area contributed by atoms with Crippen molar-refractivity contribution < 1.29 is 0 Å². The van der Waals surface area contributed by atoms with Gasteiger partial charge in [0.1, 0.15) is 0 Å². The number of aryl methyl sites for hydroxylation is 2. The first-order valence-corrected chi connectivity index (χ1v) is 16.7. The summed E-state index contributed by atoms with van der Waals surface area (Å²) in [5.41, 5.74) is 13.6. The summed E-state index contributed by atoms with van der Waals surface area (Å²) in [4.78, 5) is 3.91. The van der Waals surface area contributed by atoms with E-state index in [1.54, 1.807) is 6.07 Å². The van der Waals surface area contributed by atoms with Crippen molar-refractivity contribution in [3.63, 3.8) is 0 Å². The van der Waals surface area contributed by atoms with Gasteiger partial charge in [-0.25, -0.2) is 4.85 Å². The molecule has 0 spiro atoms. The van der Waals surface area contributed by atoms with E-state index >= 15 is 0 Å². The van der Waals surface area contributed by atoms with Crippen molar-refractivity contribution in [3.05, 3.63) is 174 Å². The molecule has 9 aromatic rings. The van der Waals surface area contributed by atoms with Crippen LogP contribution in [0.3, 0.4) is 0 Å². The van der Waals surface area contributed by atoms with E-state index in [2.05, 4.69) is 161 Å². The average Bonchev–Trinajstić information content (AvgIpc) is 3.68. The highest BCUT2D eigenvalue weighted by Gasteiger charge is 2.24. The number of para-hydroxylation sites is 4. The van der Waals surface area contributed by atoms with Gasteiger partial charge in [0, 0.05) is 38.4 Å². The minimum atomic E-state index is 0.464. The van der Waals surface area contributed by atoms with Gasteiger partial charge >= 0.3 is 0 Å². The van der Waals surface area contributed by atoms with Gasteiger partial charge in [0.2, 0.25) is 0 Å². The van der Waals surface area contributed by atoms with Gasteiger partial charge in [-0.05, 0) is 84.1 Å². The van der Waals surface area contributed by atoms with Crippen molar-refractivity contribution in [2.45, 2.75) is 13.8 Å². The molecule has 0 radical (unpaired) electrons. The Bertz CT molecular complexity index is 2860. The Morgan fingerprint density at radius 1 is 0.580 bits per heavy atom. The molecule has 7 aromatic carbocycles. The molecule has 2 heterocycles. The average molecular weight is 639 g/mol. The van der Waals surface area contributed by atoms with E-state index in [9.17, 15) is 5.26 Å². The van der Waals surface area contributed by atoms with Crippen LogP contribution in [-0.4, -0.2) is 9.13 Å². The number of aromatic nitrogens is 2. The van der Waals surface area contributed by atoms with Crippen molar-refractivity contribution in [2.75, 3.05) is 0 Å². The maximum absolute atomic E-state index is 10.3. The number of fused-ring (bicyclic) bond motifs is 6. The van der Waals surface area contributed by atoms with E-state index in [1.807, 2.05) is 12.1 Å². The van der Waals surface area contributed by atoms with E-state index in [0.717, 1.165) is 72.0 Å². The fraction of sp³-hybridized carbons (Fsp3) is 0.0435. The SMILES string of the molecule is [C-]#[N+]c1cccc(C#N)c1-c1ccc(-c2ccc3c(c2)c2ccccc2n3-c2ccccc2)c2c3ccccc3n(-c3c(C)cccc3C)c12. The minimum absolute atomic E-state index is 0.464. The lowest BCUT2D eigenvalue weighted by Gasteiger charge is -2.18. The molecule has 0 unspecified atom stereocenters. The first kappa shape index (κ1) is 29.3. The number of rotatable bonds is 4. The molecule has 0 aliphatic rings. The molecule has 0 aliphatic heterocycles. The van der Waals surface area contributed by atoms with Crippen LogP contribution in [0.1, 0.15) is 16.7 Å². The summed E-state index contributed by atoms with van der Waals surface area (Å²) in [5, 5.41) is 14.9. The van der Waals surface area contributed by atoms with Gasteiger partial charge in [-0.1, -0.05) is 103 Å². The summed E-state index contributed by atoms with van der Waals surface area (Å²) >= 11 is 0. The lowest BCUT2D eigenvalue weighted by atomic mass is 9.91. The molecule has 0 saturated carbocycles. The largest absolute Gasteiger partial charge is 0.309 e. The zero-order valence-electron chi connectivity index (χ0n) is 27.6. The van der Waals surface area contributed by atoms with E-state index in [-0.39, 0.29) is 0 Å². The van der Waals surface area contributed by atoms with Crippen molar-refractivity contribution in [2.24, 2.45) is 0 Å². The molecule has 0 atom stereocenters. The Labute approximate surface area is 290 Å². The van der Waals surface area contributed by atoms with Crippen LogP contribution in [0.4, 0.5) is 5.69 Å². The van der Waals surface area contributed by atoms with Gasteiger partial charge in [-0.15, -0.1) is 0 Å². The molecule has 0 aliphatic carbocycles. The summed E-state index contributed by atoms with van der Waals surface area (Å²) in [7, 11) is 0. The highest BCUT2D eigenvalue weighted by atomic mass is 15.0. The van der Waals surface area contributed by atoms with Crippen molar-refractivity contribution in [3.8, 4) is 39.7 Å². The second-order valence-electron chi connectivity index (χ2n) is 12.8. The third kappa shape index (κ3) is 4.23. The summed E-state index contributed by atoms with van der Waals surface area (Å²) < 4.78 is 4.69. The van der Waals surface area contributed by atoms with E-state index in [0.29, 0.717) is 16.8 Å². The molecule has 0 saturated heterocycles. The first-order chi connectivity index (χ1) is 24.6.